The summed E-state index contributed by atoms with van der Waals surface area (Å²) in [4.78, 5) is 29.4. The van der Waals surface area contributed by atoms with Crippen LogP contribution in [0.4, 0.5) is 5.69 Å². The topological polar surface area (TPSA) is 86.8 Å². The summed E-state index contributed by atoms with van der Waals surface area (Å²) in [5.41, 5.74) is 1.90. The highest BCUT2D eigenvalue weighted by Crippen LogP contribution is 2.27. The largest absolute Gasteiger partial charge is 0.352 e. The normalized spacial score (nSPS) is 14.7. The van der Waals surface area contributed by atoms with E-state index in [0.29, 0.717) is 27.7 Å². The number of halogens is 2. The first-order valence-corrected chi connectivity index (χ1v) is 16.5. The molecule has 0 heterocycles. The predicted octanol–water partition coefficient (Wildman–Crippen LogP) is 6.75. The Kier molecular flexibility index (Phi) is 10.9. The fourth-order valence-electron chi connectivity index (χ4n) is 5.26. The van der Waals surface area contributed by atoms with Gasteiger partial charge in [0.2, 0.25) is 11.8 Å². The van der Waals surface area contributed by atoms with E-state index in [4.69, 9.17) is 23.2 Å². The van der Waals surface area contributed by atoms with Crippen molar-refractivity contribution in [2.75, 3.05) is 10.8 Å². The van der Waals surface area contributed by atoms with Crippen molar-refractivity contribution >= 4 is 50.7 Å². The maximum absolute atomic E-state index is 14.2. The Morgan fingerprint density at radius 3 is 2.24 bits per heavy atom. The van der Waals surface area contributed by atoms with E-state index in [0.717, 1.165) is 42.0 Å². The number of aryl methyl sites for hydroxylation is 1. The summed E-state index contributed by atoms with van der Waals surface area (Å²) in [5, 5.41) is 3.95. The van der Waals surface area contributed by atoms with Gasteiger partial charge in [0.15, 0.2) is 0 Å². The average molecular weight is 631 g/mol. The smallest absolute Gasteiger partial charge is 0.264 e. The van der Waals surface area contributed by atoms with Crippen molar-refractivity contribution in [2.24, 2.45) is 0 Å². The third-order valence-corrected chi connectivity index (χ3v) is 10.0. The Morgan fingerprint density at radius 2 is 1.62 bits per heavy atom. The third-order valence-electron chi connectivity index (χ3n) is 7.63. The van der Waals surface area contributed by atoms with Crippen LogP contribution in [0.1, 0.15) is 56.6 Å². The Balaban J connectivity index is 1.71. The van der Waals surface area contributed by atoms with Gasteiger partial charge in [0.1, 0.15) is 12.6 Å². The molecule has 0 saturated heterocycles. The number of hydrogen-bond donors (Lipinski definition) is 1. The molecule has 224 valence electrons. The first-order chi connectivity index (χ1) is 20.1. The van der Waals surface area contributed by atoms with Crippen LogP contribution < -0.4 is 9.62 Å². The lowest BCUT2D eigenvalue weighted by Crippen LogP contribution is -2.54. The average Bonchev–Trinajstić information content (AvgIpc) is 2.98. The number of amides is 2. The van der Waals surface area contributed by atoms with Crippen molar-refractivity contribution in [1.29, 1.82) is 0 Å². The lowest BCUT2D eigenvalue weighted by molar-refractivity contribution is -0.140. The Hall–Kier alpha value is -3.07. The number of rotatable bonds is 11. The van der Waals surface area contributed by atoms with E-state index in [1.54, 1.807) is 60.7 Å². The van der Waals surface area contributed by atoms with Crippen molar-refractivity contribution in [3.8, 4) is 0 Å². The van der Waals surface area contributed by atoms with E-state index in [2.05, 4.69) is 5.32 Å². The molecule has 7 nitrogen and oxygen atoms in total. The van der Waals surface area contributed by atoms with Gasteiger partial charge in [0.05, 0.1) is 10.6 Å². The number of benzene rings is 3. The molecule has 3 aromatic rings. The van der Waals surface area contributed by atoms with Crippen LogP contribution in [0, 0.1) is 6.92 Å². The molecule has 0 spiro atoms. The van der Waals surface area contributed by atoms with E-state index in [1.807, 2.05) is 13.8 Å². The minimum Gasteiger partial charge on any atom is -0.352 e. The molecule has 3 aromatic carbocycles. The molecule has 2 amide bonds. The molecule has 0 radical (unpaired) electrons. The Labute approximate surface area is 258 Å². The minimum absolute atomic E-state index is 0.0125. The van der Waals surface area contributed by atoms with Gasteiger partial charge in [-0.15, -0.1) is 0 Å². The number of nitrogens with one attached hydrogen (secondary N) is 1. The van der Waals surface area contributed by atoms with Crippen molar-refractivity contribution in [1.82, 2.24) is 10.2 Å². The fourth-order valence-corrected chi connectivity index (χ4v) is 7.16. The summed E-state index contributed by atoms with van der Waals surface area (Å²) in [6.45, 7) is 3.25. The van der Waals surface area contributed by atoms with Gasteiger partial charge in [0.25, 0.3) is 10.0 Å². The summed E-state index contributed by atoms with van der Waals surface area (Å²) < 4.78 is 28.9. The molecule has 0 bridgehead atoms. The van der Waals surface area contributed by atoms with Gasteiger partial charge in [-0.05, 0) is 68.1 Å². The van der Waals surface area contributed by atoms with Crippen LogP contribution in [0.5, 0.6) is 0 Å². The fraction of sp³-hybridized carbons (Fsp3) is 0.375. The number of anilines is 1. The van der Waals surface area contributed by atoms with Crippen molar-refractivity contribution in [3.63, 3.8) is 0 Å². The van der Waals surface area contributed by atoms with Crippen molar-refractivity contribution in [3.05, 3.63) is 94.0 Å². The molecule has 1 aliphatic carbocycles. The first-order valence-electron chi connectivity index (χ1n) is 14.3. The maximum atomic E-state index is 14.2. The molecule has 0 aliphatic heterocycles. The summed E-state index contributed by atoms with van der Waals surface area (Å²) >= 11 is 12.6. The standard InChI is InChI=1S/C32H37Cl2N3O4S/c1-3-30(32(39)35-26-10-6-4-7-11-26)36(21-24-16-17-25(33)20-29(24)34)31(38)22-37(27-18-14-23(2)15-19-27)42(40,41)28-12-8-5-9-13-28/h5,8-9,12-20,26,30H,3-4,6-7,10-11,21-22H2,1-2H3,(H,35,39)/t30-/m1/s1. The number of sulfonamides is 1. The number of nitrogens with zero attached hydrogens (tertiary/aromatic N) is 2. The first kappa shape index (κ1) is 31.9. The molecule has 1 saturated carbocycles. The summed E-state index contributed by atoms with van der Waals surface area (Å²) in [6.07, 6.45) is 5.38. The molecule has 1 aliphatic rings. The SMILES string of the molecule is CC[C@H](C(=O)NC1CCCCC1)N(Cc1ccc(Cl)cc1Cl)C(=O)CN(c1ccc(C)cc1)S(=O)(=O)c1ccccc1. The lowest BCUT2D eigenvalue weighted by Gasteiger charge is -2.34. The molecule has 1 fully saturated rings. The van der Waals surface area contributed by atoms with Crippen LogP contribution in [0.15, 0.2) is 77.7 Å². The predicted molar refractivity (Wildman–Crippen MR) is 168 cm³/mol. The summed E-state index contributed by atoms with van der Waals surface area (Å²) in [7, 11) is -4.12. The highest BCUT2D eigenvalue weighted by atomic mass is 35.5. The molecule has 10 heteroatoms. The quantitative estimate of drug-likeness (QED) is 0.254. The van der Waals surface area contributed by atoms with Crippen LogP contribution in [0.3, 0.4) is 0 Å². The zero-order valence-corrected chi connectivity index (χ0v) is 26.3. The van der Waals surface area contributed by atoms with E-state index in [9.17, 15) is 18.0 Å². The molecular weight excluding hydrogens is 593 g/mol. The van der Waals surface area contributed by atoms with E-state index in [1.165, 1.54) is 17.0 Å². The van der Waals surface area contributed by atoms with Gasteiger partial charge in [-0.1, -0.05) is 91.3 Å². The second-order valence-electron chi connectivity index (χ2n) is 10.7. The molecule has 42 heavy (non-hydrogen) atoms. The van der Waals surface area contributed by atoms with E-state index < -0.39 is 28.5 Å². The Morgan fingerprint density at radius 1 is 0.952 bits per heavy atom. The van der Waals surface area contributed by atoms with Gasteiger partial charge in [-0.3, -0.25) is 13.9 Å². The van der Waals surface area contributed by atoms with E-state index in [-0.39, 0.29) is 23.4 Å². The molecular formula is C32H37Cl2N3O4S. The van der Waals surface area contributed by atoms with Gasteiger partial charge < -0.3 is 10.2 Å². The van der Waals surface area contributed by atoms with Crippen molar-refractivity contribution in [2.45, 2.75) is 75.9 Å². The summed E-state index contributed by atoms with van der Waals surface area (Å²) in [5.74, 6) is -0.776. The van der Waals surface area contributed by atoms with Crippen LogP contribution in [-0.4, -0.2) is 43.8 Å². The second kappa shape index (κ2) is 14.4. The highest BCUT2D eigenvalue weighted by molar-refractivity contribution is 7.92. The highest BCUT2D eigenvalue weighted by Gasteiger charge is 2.34. The Bertz CT molecular complexity index is 1480. The zero-order valence-electron chi connectivity index (χ0n) is 23.9. The van der Waals surface area contributed by atoms with Crippen LogP contribution in [0.2, 0.25) is 10.0 Å². The molecule has 4 rings (SSSR count). The van der Waals surface area contributed by atoms with Crippen molar-refractivity contribution < 1.29 is 18.0 Å². The monoisotopic (exact) mass is 629 g/mol. The number of hydrogen-bond acceptors (Lipinski definition) is 4. The van der Waals surface area contributed by atoms with Crippen LogP contribution >= 0.6 is 23.2 Å². The lowest BCUT2D eigenvalue weighted by atomic mass is 9.95. The molecule has 1 atom stereocenters. The van der Waals surface area contributed by atoms with E-state index >= 15 is 0 Å². The minimum atomic E-state index is -4.12. The van der Waals surface area contributed by atoms with Gasteiger partial charge in [-0.25, -0.2) is 8.42 Å². The second-order valence-corrected chi connectivity index (χ2v) is 13.4. The van der Waals surface area contributed by atoms with Crippen LogP contribution in [-0.2, 0) is 26.2 Å². The zero-order chi connectivity index (χ0) is 30.3. The van der Waals surface area contributed by atoms with Gasteiger partial charge in [0, 0.05) is 22.6 Å². The molecule has 1 N–H and O–H groups in total. The number of carbonyl (C=O) groups is 2. The summed E-state index contributed by atoms with van der Waals surface area (Å²) in [6, 6.07) is 19.2. The van der Waals surface area contributed by atoms with Gasteiger partial charge in [-0.2, -0.15) is 0 Å². The van der Waals surface area contributed by atoms with Gasteiger partial charge >= 0.3 is 0 Å². The molecule has 0 unspecified atom stereocenters. The number of carbonyl (C=O) groups excluding carboxylic acids is 2. The van der Waals surface area contributed by atoms with Crippen LogP contribution in [0.25, 0.3) is 0 Å². The maximum Gasteiger partial charge on any atom is 0.264 e. The molecule has 0 aromatic heterocycles. The third kappa shape index (κ3) is 7.85.